The third-order valence-corrected chi connectivity index (χ3v) is 3.70. The van der Waals surface area contributed by atoms with Crippen LogP contribution in [0.5, 0.6) is 0 Å². The number of benzene rings is 1. The molecule has 0 amide bonds. The summed E-state index contributed by atoms with van der Waals surface area (Å²) in [6, 6.07) is 4.65. The van der Waals surface area contributed by atoms with Crippen molar-refractivity contribution >= 4 is 6.08 Å². The molecule has 0 N–H and O–H groups in total. The van der Waals surface area contributed by atoms with E-state index in [1.807, 2.05) is 0 Å². The molecule has 0 heteroatoms. The standard InChI is InChI=1S/C14H18/c1-9-6-12-8-11(3)14(4,5)13(12)7-10(9)2/h6-8H,1-5H3. The first-order valence-electron chi connectivity index (χ1n) is 5.23. The van der Waals surface area contributed by atoms with Crippen LogP contribution in [0.4, 0.5) is 0 Å². The third kappa shape index (κ3) is 1.13. The lowest BCUT2D eigenvalue weighted by Gasteiger charge is -2.23. The minimum atomic E-state index is 0.230. The molecule has 0 atom stereocenters. The van der Waals surface area contributed by atoms with Crippen LogP contribution in [0.15, 0.2) is 17.7 Å². The van der Waals surface area contributed by atoms with Crippen LogP contribution >= 0.6 is 0 Å². The summed E-state index contributed by atoms with van der Waals surface area (Å²) in [7, 11) is 0. The summed E-state index contributed by atoms with van der Waals surface area (Å²) >= 11 is 0. The van der Waals surface area contributed by atoms with Gasteiger partial charge in [0, 0.05) is 5.41 Å². The molecule has 0 saturated heterocycles. The van der Waals surface area contributed by atoms with E-state index in [4.69, 9.17) is 0 Å². The van der Waals surface area contributed by atoms with Crippen molar-refractivity contribution in [3.8, 4) is 0 Å². The maximum absolute atomic E-state index is 2.34. The number of rotatable bonds is 0. The van der Waals surface area contributed by atoms with E-state index in [-0.39, 0.29) is 5.41 Å². The molecular formula is C14H18. The zero-order chi connectivity index (χ0) is 10.5. The van der Waals surface area contributed by atoms with E-state index in [1.165, 1.54) is 27.8 Å². The fourth-order valence-electron chi connectivity index (χ4n) is 2.13. The molecule has 0 heterocycles. The minimum Gasteiger partial charge on any atom is -0.0627 e. The second-order valence-electron chi connectivity index (χ2n) is 4.98. The summed E-state index contributed by atoms with van der Waals surface area (Å²) in [6.45, 7) is 11.2. The molecule has 0 aromatic heterocycles. The molecule has 0 nitrogen and oxygen atoms in total. The van der Waals surface area contributed by atoms with Gasteiger partial charge in [0.25, 0.3) is 0 Å². The van der Waals surface area contributed by atoms with Gasteiger partial charge in [-0.25, -0.2) is 0 Å². The summed E-state index contributed by atoms with van der Waals surface area (Å²) in [5.74, 6) is 0. The average Bonchev–Trinajstić information content (AvgIpc) is 2.28. The molecule has 1 aliphatic carbocycles. The summed E-state index contributed by atoms with van der Waals surface area (Å²) in [5, 5.41) is 0. The van der Waals surface area contributed by atoms with E-state index in [9.17, 15) is 0 Å². The van der Waals surface area contributed by atoms with Crippen LogP contribution in [-0.4, -0.2) is 0 Å². The topological polar surface area (TPSA) is 0 Å². The normalized spacial score (nSPS) is 17.9. The van der Waals surface area contributed by atoms with Crippen molar-refractivity contribution in [2.75, 3.05) is 0 Å². The summed E-state index contributed by atoms with van der Waals surface area (Å²) in [6.07, 6.45) is 2.32. The Hall–Kier alpha value is -1.04. The van der Waals surface area contributed by atoms with Gasteiger partial charge in [-0.15, -0.1) is 0 Å². The van der Waals surface area contributed by atoms with Gasteiger partial charge in [-0.1, -0.05) is 37.6 Å². The summed E-state index contributed by atoms with van der Waals surface area (Å²) in [5.41, 5.74) is 7.39. The highest BCUT2D eigenvalue weighted by Gasteiger charge is 2.30. The SMILES string of the molecule is CC1=Cc2cc(C)c(C)cc2C1(C)C. The van der Waals surface area contributed by atoms with E-state index in [2.05, 4.69) is 52.8 Å². The number of aryl methyl sites for hydroxylation is 2. The molecule has 1 aromatic carbocycles. The van der Waals surface area contributed by atoms with Gasteiger partial charge in [0.15, 0.2) is 0 Å². The quantitative estimate of drug-likeness (QED) is 0.574. The predicted octanol–water partition coefficient (Wildman–Crippen LogP) is 4.00. The van der Waals surface area contributed by atoms with Crippen molar-refractivity contribution in [1.82, 2.24) is 0 Å². The van der Waals surface area contributed by atoms with Crippen molar-refractivity contribution in [3.63, 3.8) is 0 Å². The molecular weight excluding hydrogens is 168 g/mol. The largest absolute Gasteiger partial charge is 0.0627 e. The third-order valence-electron chi connectivity index (χ3n) is 3.70. The van der Waals surface area contributed by atoms with Crippen LogP contribution in [0.1, 0.15) is 43.0 Å². The Morgan fingerprint density at radius 1 is 0.929 bits per heavy atom. The molecule has 0 fully saturated rings. The lowest BCUT2D eigenvalue weighted by molar-refractivity contribution is 0.639. The molecule has 0 aliphatic heterocycles. The van der Waals surface area contributed by atoms with Gasteiger partial charge in [-0.05, 0) is 43.0 Å². The number of allylic oxidation sites excluding steroid dienone is 1. The second-order valence-corrected chi connectivity index (χ2v) is 4.98. The molecule has 0 spiro atoms. The Labute approximate surface area is 86.7 Å². The van der Waals surface area contributed by atoms with Crippen LogP contribution in [0.2, 0.25) is 0 Å². The van der Waals surface area contributed by atoms with E-state index >= 15 is 0 Å². The molecule has 1 aliphatic rings. The number of hydrogen-bond donors (Lipinski definition) is 0. The van der Waals surface area contributed by atoms with Crippen molar-refractivity contribution in [2.24, 2.45) is 0 Å². The predicted molar refractivity (Wildman–Crippen MR) is 62.6 cm³/mol. The Morgan fingerprint density at radius 3 is 2.14 bits per heavy atom. The van der Waals surface area contributed by atoms with Gasteiger partial charge in [0.1, 0.15) is 0 Å². The van der Waals surface area contributed by atoms with Gasteiger partial charge in [-0.2, -0.15) is 0 Å². The zero-order valence-corrected chi connectivity index (χ0v) is 9.73. The van der Waals surface area contributed by atoms with Crippen molar-refractivity contribution in [2.45, 2.75) is 40.0 Å². The molecule has 2 rings (SSSR count). The van der Waals surface area contributed by atoms with Gasteiger partial charge < -0.3 is 0 Å². The Kier molecular flexibility index (Phi) is 1.85. The highest BCUT2D eigenvalue weighted by molar-refractivity contribution is 5.69. The lowest BCUT2D eigenvalue weighted by Crippen LogP contribution is -2.15. The van der Waals surface area contributed by atoms with Crippen molar-refractivity contribution in [1.29, 1.82) is 0 Å². The highest BCUT2D eigenvalue weighted by atomic mass is 14.3. The van der Waals surface area contributed by atoms with Gasteiger partial charge >= 0.3 is 0 Å². The van der Waals surface area contributed by atoms with Crippen LogP contribution in [-0.2, 0) is 5.41 Å². The Balaban J connectivity index is 2.69. The van der Waals surface area contributed by atoms with E-state index in [0.717, 1.165) is 0 Å². The van der Waals surface area contributed by atoms with Crippen LogP contribution < -0.4 is 0 Å². The van der Waals surface area contributed by atoms with Gasteiger partial charge in [-0.3, -0.25) is 0 Å². The Morgan fingerprint density at radius 2 is 1.50 bits per heavy atom. The maximum atomic E-state index is 2.34. The summed E-state index contributed by atoms with van der Waals surface area (Å²) < 4.78 is 0. The van der Waals surface area contributed by atoms with Crippen LogP contribution in [0.25, 0.3) is 6.08 Å². The smallest absolute Gasteiger partial charge is 0.0112 e. The molecule has 0 bridgehead atoms. The minimum absolute atomic E-state index is 0.230. The number of hydrogen-bond acceptors (Lipinski definition) is 0. The molecule has 0 unspecified atom stereocenters. The average molecular weight is 186 g/mol. The monoisotopic (exact) mass is 186 g/mol. The fraction of sp³-hybridized carbons (Fsp3) is 0.429. The van der Waals surface area contributed by atoms with Crippen LogP contribution in [0, 0.1) is 13.8 Å². The highest BCUT2D eigenvalue weighted by Crippen LogP contribution is 2.41. The first-order valence-corrected chi connectivity index (χ1v) is 5.23. The van der Waals surface area contributed by atoms with Crippen molar-refractivity contribution in [3.05, 3.63) is 40.0 Å². The second kappa shape index (κ2) is 2.73. The lowest BCUT2D eigenvalue weighted by atomic mass is 9.81. The van der Waals surface area contributed by atoms with Crippen molar-refractivity contribution < 1.29 is 0 Å². The number of fused-ring (bicyclic) bond motifs is 1. The van der Waals surface area contributed by atoms with Gasteiger partial charge in [0.05, 0.1) is 0 Å². The molecule has 74 valence electrons. The van der Waals surface area contributed by atoms with Crippen LogP contribution in [0.3, 0.4) is 0 Å². The first-order chi connectivity index (χ1) is 6.43. The molecule has 14 heavy (non-hydrogen) atoms. The fourth-order valence-corrected chi connectivity index (χ4v) is 2.13. The molecule has 0 radical (unpaired) electrons. The maximum Gasteiger partial charge on any atom is 0.0112 e. The van der Waals surface area contributed by atoms with E-state index in [1.54, 1.807) is 0 Å². The molecule has 0 saturated carbocycles. The van der Waals surface area contributed by atoms with E-state index < -0.39 is 0 Å². The first kappa shape index (κ1) is 9.51. The molecule has 1 aromatic rings. The van der Waals surface area contributed by atoms with E-state index in [0.29, 0.717) is 0 Å². The zero-order valence-electron chi connectivity index (χ0n) is 9.73. The van der Waals surface area contributed by atoms with Gasteiger partial charge in [0.2, 0.25) is 0 Å². The summed E-state index contributed by atoms with van der Waals surface area (Å²) in [4.78, 5) is 0. The Bertz CT molecular complexity index is 420.